The molecular formula is C26H22ClN5O3S. The molecule has 8 nitrogen and oxygen atoms in total. The SMILES string of the molecule is COc1cccc(-n2c(=O)c3ccccc3n3c(SCC(=O)NCCc4ccc(Cl)cc4)nnc23)c1. The standard InChI is InChI=1S/C26H22ClN5O3S/c1-35-20-6-4-5-19(15-20)31-24(34)21-7-2-3-8-22(21)32-25(31)29-30-26(32)36-16-23(33)28-14-13-17-9-11-18(27)12-10-17/h2-12,15H,13-14,16H2,1H3,(H,28,33). The number of nitrogens with zero attached hydrogens (tertiary/aromatic N) is 4. The van der Waals surface area contributed by atoms with Gasteiger partial charge in [0.15, 0.2) is 5.16 Å². The van der Waals surface area contributed by atoms with Crippen molar-refractivity contribution in [2.45, 2.75) is 11.6 Å². The first-order valence-electron chi connectivity index (χ1n) is 11.2. The first-order valence-corrected chi connectivity index (χ1v) is 12.6. The van der Waals surface area contributed by atoms with Gasteiger partial charge in [0.25, 0.3) is 5.56 Å². The molecule has 2 heterocycles. The molecule has 0 radical (unpaired) electrons. The molecule has 0 unspecified atom stereocenters. The van der Waals surface area contributed by atoms with Crippen molar-refractivity contribution >= 4 is 46.0 Å². The summed E-state index contributed by atoms with van der Waals surface area (Å²) in [5.41, 5.74) is 2.17. The van der Waals surface area contributed by atoms with Gasteiger partial charge in [0.2, 0.25) is 11.7 Å². The molecule has 0 spiro atoms. The van der Waals surface area contributed by atoms with Gasteiger partial charge in [-0.1, -0.05) is 53.7 Å². The molecule has 0 aliphatic rings. The second-order valence-electron chi connectivity index (χ2n) is 7.99. The van der Waals surface area contributed by atoms with E-state index in [4.69, 9.17) is 16.3 Å². The van der Waals surface area contributed by atoms with Crippen LogP contribution >= 0.6 is 23.4 Å². The normalized spacial score (nSPS) is 11.2. The molecule has 5 aromatic rings. The molecule has 0 aliphatic heterocycles. The third-order valence-electron chi connectivity index (χ3n) is 5.69. The molecule has 0 saturated carbocycles. The summed E-state index contributed by atoms with van der Waals surface area (Å²) in [5.74, 6) is 1.03. The van der Waals surface area contributed by atoms with Crippen LogP contribution in [0.25, 0.3) is 22.4 Å². The van der Waals surface area contributed by atoms with Crippen LogP contribution in [0.3, 0.4) is 0 Å². The predicted octanol–water partition coefficient (Wildman–Crippen LogP) is 4.15. The monoisotopic (exact) mass is 519 g/mol. The first-order chi connectivity index (χ1) is 17.5. The van der Waals surface area contributed by atoms with Crippen molar-refractivity contribution in [3.05, 3.63) is 93.7 Å². The maximum Gasteiger partial charge on any atom is 0.267 e. The van der Waals surface area contributed by atoms with Gasteiger partial charge in [-0.05, 0) is 48.4 Å². The Labute approximate surface area is 215 Å². The number of rotatable bonds is 8. The van der Waals surface area contributed by atoms with Crippen LogP contribution in [0.15, 0.2) is 82.7 Å². The predicted molar refractivity (Wildman–Crippen MR) is 142 cm³/mol. The summed E-state index contributed by atoms with van der Waals surface area (Å²) in [5, 5.41) is 13.3. The van der Waals surface area contributed by atoms with Crippen LogP contribution in [0.4, 0.5) is 0 Å². The Kier molecular flexibility index (Phi) is 6.92. The topological polar surface area (TPSA) is 90.5 Å². The summed E-state index contributed by atoms with van der Waals surface area (Å²) in [7, 11) is 1.57. The van der Waals surface area contributed by atoms with Crippen LogP contribution < -0.4 is 15.6 Å². The molecule has 0 aliphatic carbocycles. The lowest BCUT2D eigenvalue weighted by Gasteiger charge is -2.12. The lowest BCUT2D eigenvalue weighted by molar-refractivity contribution is -0.118. The maximum absolute atomic E-state index is 13.4. The fourth-order valence-corrected chi connectivity index (χ4v) is 4.83. The van der Waals surface area contributed by atoms with E-state index < -0.39 is 0 Å². The van der Waals surface area contributed by atoms with Gasteiger partial charge < -0.3 is 10.1 Å². The third kappa shape index (κ3) is 4.80. The molecular weight excluding hydrogens is 498 g/mol. The molecule has 1 N–H and O–H groups in total. The summed E-state index contributed by atoms with van der Waals surface area (Å²) in [6.07, 6.45) is 0.707. The number of para-hydroxylation sites is 1. The third-order valence-corrected chi connectivity index (χ3v) is 6.87. The Morgan fingerprint density at radius 2 is 1.86 bits per heavy atom. The Balaban J connectivity index is 1.41. The number of hydrogen-bond acceptors (Lipinski definition) is 6. The summed E-state index contributed by atoms with van der Waals surface area (Å²) >= 11 is 7.19. The second-order valence-corrected chi connectivity index (χ2v) is 9.37. The number of aromatic nitrogens is 4. The fraction of sp³-hybridized carbons (Fsp3) is 0.154. The first kappa shape index (κ1) is 23.9. The molecule has 3 aromatic carbocycles. The zero-order chi connectivity index (χ0) is 25.1. The number of ether oxygens (including phenoxy) is 1. The molecule has 1 amide bonds. The van der Waals surface area contributed by atoms with E-state index in [-0.39, 0.29) is 17.2 Å². The van der Waals surface area contributed by atoms with Crippen LogP contribution in [0.2, 0.25) is 5.02 Å². The lowest BCUT2D eigenvalue weighted by atomic mass is 10.1. The highest BCUT2D eigenvalue weighted by atomic mass is 35.5. The van der Waals surface area contributed by atoms with E-state index in [1.54, 1.807) is 19.2 Å². The molecule has 5 rings (SSSR count). The number of amides is 1. The summed E-state index contributed by atoms with van der Waals surface area (Å²) < 4.78 is 8.65. The van der Waals surface area contributed by atoms with Crippen LogP contribution in [0.1, 0.15) is 5.56 Å². The highest BCUT2D eigenvalue weighted by Crippen LogP contribution is 2.24. The molecule has 0 saturated heterocycles. The number of thioether (sulfide) groups is 1. The number of carbonyl (C=O) groups is 1. The quantitative estimate of drug-likeness (QED) is 0.310. The zero-order valence-electron chi connectivity index (χ0n) is 19.3. The van der Waals surface area contributed by atoms with Crippen molar-refractivity contribution < 1.29 is 9.53 Å². The average Bonchev–Trinajstić information content (AvgIpc) is 3.32. The van der Waals surface area contributed by atoms with Crippen molar-refractivity contribution in [1.82, 2.24) is 24.5 Å². The number of nitrogens with one attached hydrogen (secondary N) is 1. The summed E-state index contributed by atoms with van der Waals surface area (Å²) in [6, 6.07) is 22.0. The van der Waals surface area contributed by atoms with Crippen LogP contribution in [0.5, 0.6) is 5.75 Å². The van der Waals surface area contributed by atoms with E-state index >= 15 is 0 Å². The Hall–Kier alpha value is -3.82. The van der Waals surface area contributed by atoms with E-state index in [9.17, 15) is 9.59 Å². The minimum atomic E-state index is -0.213. The van der Waals surface area contributed by atoms with Gasteiger partial charge in [-0.2, -0.15) is 0 Å². The zero-order valence-corrected chi connectivity index (χ0v) is 20.9. The molecule has 182 valence electrons. The van der Waals surface area contributed by atoms with Crippen LogP contribution in [0, 0.1) is 0 Å². The molecule has 0 fully saturated rings. The smallest absolute Gasteiger partial charge is 0.267 e. The number of hydrogen-bond donors (Lipinski definition) is 1. The second kappa shape index (κ2) is 10.4. The minimum Gasteiger partial charge on any atom is -0.497 e. The largest absolute Gasteiger partial charge is 0.497 e. The van der Waals surface area contributed by atoms with Crippen molar-refractivity contribution in [2.24, 2.45) is 0 Å². The Morgan fingerprint density at radius 3 is 2.67 bits per heavy atom. The number of benzene rings is 3. The van der Waals surface area contributed by atoms with E-state index in [0.717, 1.165) is 5.56 Å². The number of carbonyl (C=O) groups excluding carboxylic acids is 1. The Morgan fingerprint density at radius 1 is 1.06 bits per heavy atom. The van der Waals surface area contributed by atoms with Gasteiger partial charge in [0.1, 0.15) is 5.75 Å². The van der Waals surface area contributed by atoms with E-state index in [1.807, 2.05) is 65.1 Å². The van der Waals surface area contributed by atoms with Gasteiger partial charge in [0.05, 0.1) is 29.5 Å². The highest BCUT2D eigenvalue weighted by Gasteiger charge is 2.19. The lowest BCUT2D eigenvalue weighted by Crippen LogP contribution is -2.27. The van der Waals surface area contributed by atoms with Crippen LogP contribution in [-0.4, -0.2) is 44.5 Å². The van der Waals surface area contributed by atoms with E-state index in [1.165, 1.54) is 16.3 Å². The number of halogens is 1. The summed E-state index contributed by atoms with van der Waals surface area (Å²) in [4.78, 5) is 26.0. The van der Waals surface area contributed by atoms with E-state index in [2.05, 4.69) is 15.5 Å². The molecule has 10 heteroatoms. The fourth-order valence-electron chi connectivity index (χ4n) is 3.93. The van der Waals surface area contributed by atoms with Crippen molar-refractivity contribution in [2.75, 3.05) is 19.4 Å². The van der Waals surface area contributed by atoms with Crippen LogP contribution in [-0.2, 0) is 11.2 Å². The minimum absolute atomic E-state index is 0.115. The number of methoxy groups -OCH3 is 1. The van der Waals surface area contributed by atoms with Crippen molar-refractivity contribution in [1.29, 1.82) is 0 Å². The van der Waals surface area contributed by atoms with Gasteiger partial charge in [0, 0.05) is 17.6 Å². The van der Waals surface area contributed by atoms with Gasteiger partial charge >= 0.3 is 0 Å². The molecule has 0 bridgehead atoms. The van der Waals surface area contributed by atoms with E-state index in [0.29, 0.717) is 51.3 Å². The van der Waals surface area contributed by atoms with Gasteiger partial charge in [-0.15, -0.1) is 10.2 Å². The van der Waals surface area contributed by atoms with Gasteiger partial charge in [-0.3, -0.25) is 14.0 Å². The van der Waals surface area contributed by atoms with Crippen molar-refractivity contribution in [3.63, 3.8) is 0 Å². The summed E-state index contributed by atoms with van der Waals surface area (Å²) in [6.45, 7) is 0.514. The maximum atomic E-state index is 13.4. The molecule has 0 atom stereocenters. The Bertz CT molecular complexity index is 1610. The molecule has 36 heavy (non-hydrogen) atoms. The number of fused-ring (bicyclic) bond motifs is 3. The highest BCUT2D eigenvalue weighted by molar-refractivity contribution is 7.99. The van der Waals surface area contributed by atoms with Gasteiger partial charge in [-0.25, -0.2) is 4.57 Å². The average molecular weight is 520 g/mol. The van der Waals surface area contributed by atoms with Crippen molar-refractivity contribution in [3.8, 4) is 11.4 Å². The molecule has 2 aromatic heterocycles.